The number of carbonyl (C=O) groups excluding carboxylic acids is 5. The first-order valence-corrected chi connectivity index (χ1v) is 22.2. The van der Waals surface area contributed by atoms with Gasteiger partial charge in [0.25, 0.3) is 5.91 Å². The highest BCUT2D eigenvalue weighted by Crippen LogP contribution is 2.42. The topological polar surface area (TPSA) is 194 Å². The Morgan fingerprint density at radius 3 is 2.62 bits per heavy atom. The number of esters is 1. The van der Waals surface area contributed by atoms with Crippen LogP contribution in [0.5, 0.6) is 0 Å². The quantitative estimate of drug-likeness (QED) is 0.166. The second-order valence-corrected chi connectivity index (χ2v) is 18.3. The SMILES string of the molecule is C=CC(=O)N1CCC(C(=O)N(C)[C@H](C(=O)N[C@H]2Cc3nnc(o3)-c3ccc4c(c3)c(c(-c3cccnc3[C@H](C)OC)n4CC)CC(C)(C)COC(=O)[C@@H]3CCCN(N3)C2=O)C(C)C)C1. The molecule has 5 atom stereocenters. The van der Waals surface area contributed by atoms with E-state index in [-0.39, 0.29) is 61.7 Å². The van der Waals surface area contributed by atoms with Gasteiger partial charge in [0.1, 0.15) is 18.1 Å². The summed E-state index contributed by atoms with van der Waals surface area (Å²) < 4.78 is 20.4. The van der Waals surface area contributed by atoms with Crippen molar-refractivity contribution in [2.24, 2.45) is 17.3 Å². The average molecular weight is 880 g/mol. The van der Waals surface area contributed by atoms with Gasteiger partial charge in [-0.3, -0.25) is 34.0 Å². The van der Waals surface area contributed by atoms with Gasteiger partial charge in [-0.25, -0.2) is 5.43 Å². The molecule has 0 aliphatic carbocycles. The second-order valence-electron chi connectivity index (χ2n) is 18.3. The van der Waals surface area contributed by atoms with Crippen molar-refractivity contribution in [1.82, 2.24) is 45.3 Å². The van der Waals surface area contributed by atoms with Gasteiger partial charge in [-0.05, 0) is 87.4 Å². The molecule has 1 unspecified atom stereocenters. The van der Waals surface area contributed by atoms with E-state index in [4.69, 9.17) is 18.9 Å². The summed E-state index contributed by atoms with van der Waals surface area (Å²) in [6.45, 7) is 17.1. The van der Waals surface area contributed by atoms with E-state index >= 15 is 0 Å². The van der Waals surface area contributed by atoms with Crippen LogP contribution < -0.4 is 10.7 Å². The Hall–Kier alpha value is -5.94. The van der Waals surface area contributed by atoms with Gasteiger partial charge in [0, 0.05) is 74.0 Å². The first-order valence-electron chi connectivity index (χ1n) is 22.2. The molecular weight excluding hydrogens is 819 g/mol. The number of cyclic esters (lactones) is 1. The number of hydrogen-bond donors (Lipinski definition) is 2. The Balaban J connectivity index is 1.27. The molecule has 64 heavy (non-hydrogen) atoms. The van der Waals surface area contributed by atoms with Gasteiger partial charge in [-0.2, -0.15) is 0 Å². The second kappa shape index (κ2) is 19.0. The fraction of sp³-hybridized carbons (Fsp3) is 0.532. The Bertz CT molecular complexity index is 2420. The largest absolute Gasteiger partial charge is 0.464 e. The maximum Gasteiger partial charge on any atom is 0.324 e. The van der Waals surface area contributed by atoms with Crippen molar-refractivity contribution in [3.8, 4) is 22.7 Å². The summed E-state index contributed by atoms with van der Waals surface area (Å²) in [5.74, 6) is -2.59. The summed E-state index contributed by atoms with van der Waals surface area (Å²) in [5.41, 5.74) is 7.93. The van der Waals surface area contributed by atoms with E-state index in [0.717, 1.165) is 33.4 Å². The van der Waals surface area contributed by atoms with Crippen LogP contribution in [0.1, 0.15) is 84.1 Å². The number of nitrogens with zero attached hydrogens (tertiary/aromatic N) is 7. The lowest BCUT2D eigenvalue weighted by Crippen LogP contribution is -2.62. The minimum Gasteiger partial charge on any atom is -0.464 e. The smallest absolute Gasteiger partial charge is 0.324 e. The number of rotatable bonds is 10. The van der Waals surface area contributed by atoms with E-state index in [9.17, 15) is 24.0 Å². The van der Waals surface area contributed by atoms with Crippen LogP contribution in [-0.4, -0.2) is 123 Å². The van der Waals surface area contributed by atoms with Crippen molar-refractivity contribution in [3.05, 3.63) is 66.3 Å². The molecule has 2 fully saturated rings. The minimum atomic E-state index is -1.23. The molecule has 4 amide bonds. The van der Waals surface area contributed by atoms with Crippen LogP contribution in [0.2, 0.25) is 0 Å². The van der Waals surface area contributed by atoms with Crippen LogP contribution in [0.4, 0.5) is 0 Å². The molecule has 4 aromatic rings. The number of benzene rings is 1. The predicted molar refractivity (Wildman–Crippen MR) is 238 cm³/mol. The van der Waals surface area contributed by atoms with Crippen LogP contribution >= 0.6 is 0 Å². The standard InChI is InChI=1S/C47H61N9O8/c1-10-38(57)54-21-18-30(25-54)44(59)53(8)40(27(3)4)42(58)49-35-23-37-50-51-43(64-37)29-16-17-36-32(22-29)33(41(55(36)11-2)31-14-12-19-48-39(31)28(5)62-9)24-47(6,7)26-63-46(61)34-15-13-20-56(52-34)45(35)60/h10,12,14,16-17,19,22,27-28,30,34-35,40,52H,1,11,13,15,18,20-21,23-26H2,2-9H3,(H,49,58)/t28-,30?,34-,35-,40-/m0/s1. The number of likely N-dealkylation sites (N-methyl/N-ethyl adjacent to an activating group) is 1. The molecule has 3 aliphatic rings. The van der Waals surface area contributed by atoms with E-state index in [0.29, 0.717) is 44.3 Å². The fourth-order valence-corrected chi connectivity index (χ4v) is 9.35. The zero-order chi connectivity index (χ0) is 46.0. The third-order valence-corrected chi connectivity index (χ3v) is 12.7. The van der Waals surface area contributed by atoms with Gasteiger partial charge < -0.3 is 33.6 Å². The lowest BCUT2D eigenvalue weighted by Gasteiger charge is -2.36. The third kappa shape index (κ3) is 9.32. The normalized spacial score (nSPS) is 21.3. The van der Waals surface area contributed by atoms with Gasteiger partial charge in [0.2, 0.25) is 29.5 Å². The van der Waals surface area contributed by atoms with Crippen LogP contribution in [-0.2, 0) is 52.8 Å². The number of ether oxygens (including phenoxy) is 2. The number of methoxy groups -OCH3 is 1. The number of nitrogens with one attached hydrogen (secondary N) is 2. The van der Waals surface area contributed by atoms with E-state index < -0.39 is 47.2 Å². The summed E-state index contributed by atoms with van der Waals surface area (Å²) in [6, 6.07) is 6.96. The number of pyridine rings is 1. The number of fused-ring (bicyclic) bond motifs is 6. The van der Waals surface area contributed by atoms with E-state index in [1.54, 1.807) is 25.3 Å². The molecule has 0 saturated carbocycles. The van der Waals surface area contributed by atoms with Crippen LogP contribution in [0.25, 0.3) is 33.6 Å². The first-order chi connectivity index (χ1) is 30.5. The van der Waals surface area contributed by atoms with Gasteiger partial charge >= 0.3 is 5.97 Å². The Labute approximate surface area is 373 Å². The molecule has 342 valence electrons. The van der Waals surface area contributed by atoms with Crippen molar-refractivity contribution >= 4 is 40.5 Å². The maximum absolute atomic E-state index is 14.5. The van der Waals surface area contributed by atoms with E-state index in [1.807, 2.05) is 45.0 Å². The Kier molecular flexibility index (Phi) is 13.7. The highest BCUT2D eigenvalue weighted by molar-refractivity contribution is 5.95. The van der Waals surface area contributed by atoms with Crippen molar-refractivity contribution in [3.63, 3.8) is 0 Å². The van der Waals surface area contributed by atoms with E-state index in [1.165, 1.54) is 16.0 Å². The predicted octanol–water partition coefficient (Wildman–Crippen LogP) is 4.65. The van der Waals surface area contributed by atoms with Gasteiger partial charge in [0.05, 0.1) is 36.4 Å². The molecular formula is C47H61N9O8. The number of hydrogen-bond acceptors (Lipinski definition) is 12. The van der Waals surface area contributed by atoms with Crippen molar-refractivity contribution in [1.29, 1.82) is 0 Å². The zero-order valence-corrected chi connectivity index (χ0v) is 38.2. The molecule has 17 nitrogen and oxygen atoms in total. The summed E-state index contributed by atoms with van der Waals surface area (Å²) in [7, 11) is 3.23. The molecule has 3 aromatic heterocycles. The molecule has 2 N–H and O–H groups in total. The van der Waals surface area contributed by atoms with Gasteiger partial charge in [-0.1, -0.05) is 34.3 Å². The summed E-state index contributed by atoms with van der Waals surface area (Å²) in [5, 5.41) is 14.0. The zero-order valence-electron chi connectivity index (χ0n) is 38.2. The Morgan fingerprint density at radius 2 is 1.91 bits per heavy atom. The highest BCUT2D eigenvalue weighted by atomic mass is 16.5. The van der Waals surface area contributed by atoms with Crippen LogP contribution in [0, 0.1) is 17.3 Å². The van der Waals surface area contributed by atoms with Crippen molar-refractivity contribution < 1.29 is 37.9 Å². The molecule has 0 spiro atoms. The lowest BCUT2D eigenvalue weighted by atomic mass is 9.84. The van der Waals surface area contributed by atoms with Crippen molar-refractivity contribution in [2.45, 2.75) is 104 Å². The summed E-state index contributed by atoms with van der Waals surface area (Å²) in [6.07, 6.45) is 4.46. The van der Waals surface area contributed by atoms with Crippen LogP contribution in [0.3, 0.4) is 0 Å². The third-order valence-electron chi connectivity index (χ3n) is 12.7. The minimum absolute atomic E-state index is 0.0994. The molecule has 0 radical (unpaired) electrons. The monoisotopic (exact) mass is 879 g/mol. The molecule has 3 aliphatic heterocycles. The van der Waals surface area contributed by atoms with E-state index in [2.05, 4.69) is 58.9 Å². The fourth-order valence-electron chi connectivity index (χ4n) is 9.35. The Morgan fingerprint density at radius 1 is 1.12 bits per heavy atom. The molecule has 6 heterocycles. The maximum atomic E-state index is 14.5. The summed E-state index contributed by atoms with van der Waals surface area (Å²) >= 11 is 0. The average Bonchev–Trinajstić information content (AvgIpc) is 4.05. The number of hydrazine groups is 1. The first kappa shape index (κ1) is 46.1. The van der Waals surface area contributed by atoms with Crippen LogP contribution in [0.15, 0.2) is 53.6 Å². The van der Waals surface area contributed by atoms with Gasteiger partial charge in [0.15, 0.2) is 0 Å². The number of carbonyl (C=O) groups is 5. The lowest BCUT2D eigenvalue weighted by molar-refractivity contribution is -0.155. The number of likely N-dealkylation sites (tertiary alicyclic amines) is 1. The molecule has 1 aromatic carbocycles. The molecule has 17 heteroatoms. The molecule has 2 saturated heterocycles. The summed E-state index contributed by atoms with van der Waals surface area (Å²) in [4.78, 5) is 76.6. The van der Waals surface area contributed by atoms with Crippen molar-refractivity contribution in [2.75, 3.05) is 40.4 Å². The number of aromatic nitrogens is 4. The molecule has 6 bridgehead atoms. The highest BCUT2D eigenvalue weighted by Gasteiger charge is 2.40. The van der Waals surface area contributed by atoms with Gasteiger partial charge in [-0.15, -0.1) is 10.2 Å². The molecule has 7 rings (SSSR count). The number of aryl methyl sites for hydroxylation is 1. The number of amides is 4.